The molecule has 21 heavy (non-hydrogen) atoms. The van der Waals surface area contributed by atoms with Crippen LogP contribution in [-0.2, 0) is 11.2 Å². The zero-order chi connectivity index (χ0) is 16.4. The zero-order valence-electron chi connectivity index (χ0n) is 12.3. The van der Waals surface area contributed by atoms with Gasteiger partial charge in [0, 0.05) is 32.1 Å². The van der Waals surface area contributed by atoms with E-state index >= 15 is 0 Å². The van der Waals surface area contributed by atoms with Gasteiger partial charge >= 0.3 is 6.09 Å². The maximum absolute atomic E-state index is 11.2. The molecule has 0 atom stereocenters. The molecule has 0 bridgehead atoms. The Morgan fingerprint density at radius 3 is 2.48 bits per heavy atom. The van der Waals surface area contributed by atoms with Crippen LogP contribution in [0.3, 0.4) is 0 Å². The Balaban J connectivity index is 3.29. The molecule has 0 spiro atoms. The van der Waals surface area contributed by atoms with E-state index in [1.807, 2.05) is 0 Å². The van der Waals surface area contributed by atoms with E-state index in [0.717, 1.165) is 0 Å². The number of hydrogen-bond acceptors (Lipinski definition) is 5. The summed E-state index contributed by atoms with van der Waals surface area (Å²) in [5, 5.41) is 11.4. The number of benzene rings is 1. The molecule has 2 N–H and O–H groups in total. The molecule has 8 heteroatoms. The lowest BCUT2D eigenvalue weighted by Gasteiger charge is -2.25. The molecule has 0 unspecified atom stereocenters. The lowest BCUT2D eigenvalue weighted by Crippen LogP contribution is -2.33. The first-order valence-electron chi connectivity index (χ1n) is 6.16. The van der Waals surface area contributed by atoms with E-state index in [1.165, 1.54) is 6.07 Å². The third-order valence-electron chi connectivity index (χ3n) is 2.82. The SMILES string of the molecule is CN(C)c1cc(CC(C)(C)OC(N)=O)c([N+](=O)[O-])cc1Cl. The number of nitrogens with zero attached hydrogens (tertiary/aromatic N) is 2. The Bertz CT molecular complexity index is 573. The van der Waals surface area contributed by atoms with Crippen molar-refractivity contribution in [1.29, 1.82) is 0 Å². The molecule has 0 saturated heterocycles. The van der Waals surface area contributed by atoms with Crippen molar-refractivity contribution in [3.05, 3.63) is 32.8 Å². The van der Waals surface area contributed by atoms with Crippen molar-refractivity contribution in [1.82, 2.24) is 0 Å². The minimum absolute atomic E-state index is 0.119. The molecule has 1 rings (SSSR count). The lowest BCUT2D eigenvalue weighted by atomic mass is 9.96. The van der Waals surface area contributed by atoms with Gasteiger partial charge in [-0.2, -0.15) is 0 Å². The monoisotopic (exact) mass is 315 g/mol. The van der Waals surface area contributed by atoms with Crippen LogP contribution in [0.15, 0.2) is 12.1 Å². The van der Waals surface area contributed by atoms with E-state index in [2.05, 4.69) is 0 Å². The maximum Gasteiger partial charge on any atom is 0.405 e. The summed E-state index contributed by atoms with van der Waals surface area (Å²) in [6.07, 6.45) is -0.783. The quantitative estimate of drug-likeness (QED) is 0.665. The van der Waals surface area contributed by atoms with Gasteiger partial charge in [0.15, 0.2) is 0 Å². The largest absolute Gasteiger partial charge is 0.443 e. The molecular weight excluding hydrogens is 298 g/mol. The van der Waals surface area contributed by atoms with Crippen molar-refractivity contribution < 1.29 is 14.5 Å². The molecule has 116 valence electrons. The van der Waals surface area contributed by atoms with Gasteiger partial charge < -0.3 is 15.4 Å². The zero-order valence-corrected chi connectivity index (χ0v) is 13.1. The summed E-state index contributed by atoms with van der Waals surface area (Å²) >= 11 is 6.04. The number of carbonyl (C=O) groups is 1. The van der Waals surface area contributed by atoms with E-state index in [0.29, 0.717) is 11.3 Å². The molecular formula is C13H18ClN3O4. The van der Waals surface area contributed by atoms with Gasteiger partial charge in [-0.3, -0.25) is 10.1 Å². The second-order valence-electron chi connectivity index (χ2n) is 5.44. The Morgan fingerprint density at radius 2 is 2.05 bits per heavy atom. The second kappa shape index (κ2) is 6.17. The van der Waals surface area contributed by atoms with Crippen molar-refractivity contribution in [3.63, 3.8) is 0 Å². The van der Waals surface area contributed by atoms with Crippen LogP contribution >= 0.6 is 11.6 Å². The van der Waals surface area contributed by atoms with Crippen molar-refractivity contribution >= 4 is 29.1 Å². The van der Waals surface area contributed by atoms with Crippen LogP contribution in [0.2, 0.25) is 5.02 Å². The van der Waals surface area contributed by atoms with E-state index in [-0.39, 0.29) is 17.1 Å². The van der Waals surface area contributed by atoms with Gasteiger partial charge in [0.2, 0.25) is 0 Å². The molecule has 0 heterocycles. The first kappa shape index (κ1) is 17.0. The standard InChI is InChI=1S/C13H18ClN3O4/c1-13(2,21-12(15)18)7-8-5-11(16(3)4)9(14)6-10(8)17(19)20/h5-6H,7H2,1-4H3,(H2,15,18). The molecule has 7 nitrogen and oxygen atoms in total. The summed E-state index contributed by atoms with van der Waals surface area (Å²) in [6.45, 7) is 3.26. The third-order valence-corrected chi connectivity index (χ3v) is 3.12. The van der Waals surface area contributed by atoms with Crippen LogP contribution in [0.4, 0.5) is 16.2 Å². The molecule has 0 aliphatic heterocycles. The van der Waals surface area contributed by atoms with Gasteiger partial charge in [-0.15, -0.1) is 0 Å². The number of primary amides is 1. The van der Waals surface area contributed by atoms with Crippen molar-refractivity contribution in [3.8, 4) is 0 Å². The number of hydrogen-bond donors (Lipinski definition) is 1. The fourth-order valence-corrected chi connectivity index (χ4v) is 2.34. The molecule has 1 aromatic carbocycles. The Labute approximate surface area is 127 Å². The van der Waals surface area contributed by atoms with Crippen LogP contribution < -0.4 is 10.6 Å². The van der Waals surface area contributed by atoms with Gasteiger partial charge in [-0.1, -0.05) is 11.6 Å². The highest BCUT2D eigenvalue weighted by atomic mass is 35.5. The second-order valence-corrected chi connectivity index (χ2v) is 5.85. The minimum atomic E-state index is -0.964. The predicted molar refractivity (Wildman–Crippen MR) is 80.9 cm³/mol. The highest BCUT2D eigenvalue weighted by molar-refractivity contribution is 6.33. The van der Waals surface area contributed by atoms with Crippen molar-refractivity contribution in [2.24, 2.45) is 5.73 Å². The molecule has 0 fully saturated rings. The van der Waals surface area contributed by atoms with Crippen LogP contribution in [0.1, 0.15) is 19.4 Å². The minimum Gasteiger partial charge on any atom is -0.443 e. The van der Waals surface area contributed by atoms with Crippen molar-refractivity contribution in [2.75, 3.05) is 19.0 Å². The van der Waals surface area contributed by atoms with Crippen LogP contribution in [0.25, 0.3) is 0 Å². The lowest BCUT2D eigenvalue weighted by molar-refractivity contribution is -0.385. The van der Waals surface area contributed by atoms with Gasteiger partial charge in [0.1, 0.15) is 5.60 Å². The first-order valence-corrected chi connectivity index (χ1v) is 6.54. The van der Waals surface area contributed by atoms with Gasteiger partial charge in [-0.25, -0.2) is 4.79 Å². The number of anilines is 1. The van der Waals surface area contributed by atoms with Crippen LogP contribution in [0, 0.1) is 10.1 Å². The Kier molecular flexibility index (Phi) is 5.01. The molecule has 0 radical (unpaired) electrons. The van der Waals surface area contributed by atoms with Crippen molar-refractivity contribution in [2.45, 2.75) is 25.9 Å². The number of nitrogens with two attached hydrogens (primary N) is 1. The Morgan fingerprint density at radius 1 is 1.48 bits per heavy atom. The number of halogens is 1. The van der Waals surface area contributed by atoms with Gasteiger partial charge in [0.25, 0.3) is 5.69 Å². The van der Waals surface area contributed by atoms with E-state index in [4.69, 9.17) is 22.1 Å². The molecule has 1 amide bonds. The Hall–Kier alpha value is -2.02. The number of nitro groups is 1. The fraction of sp³-hybridized carbons (Fsp3) is 0.462. The smallest absolute Gasteiger partial charge is 0.405 e. The maximum atomic E-state index is 11.2. The average Bonchev–Trinajstić information content (AvgIpc) is 2.27. The highest BCUT2D eigenvalue weighted by Gasteiger charge is 2.28. The first-order chi connectivity index (χ1) is 9.53. The highest BCUT2D eigenvalue weighted by Crippen LogP contribution is 2.34. The number of ether oxygens (including phenoxy) is 1. The van der Waals surface area contributed by atoms with Crippen LogP contribution in [0.5, 0.6) is 0 Å². The number of carbonyl (C=O) groups excluding carboxylic acids is 1. The molecule has 0 aliphatic carbocycles. The number of amides is 1. The van der Waals surface area contributed by atoms with Gasteiger partial charge in [-0.05, 0) is 19.9 Å². The number of nitro benzene ring substituents is 1. The number of rotatable bonds is 5. The average molecular weight is 316 g/mol. The fourth-order valence-electron chi connectivity index (χ4n) is 2.02. The van der Waals surface area contributed by atoms with Crippen LogP contribution in [-0.4, -0.2) is 30.7 Å². The summed E-state index contributed by atoms with van der Waals surface area (Å²) in [5.41, 5.74) is 4.99. The summed E-state index contributed by atoms with van der Waals surface area (Å²) in [7, 11) is 3.56. The normalized spacial score (nSPS) is 11.1. The topological polar surface area (TPSA) is 98.7 Å². The third kappa shape index (κ3) is 4.49. The van der Waals surface area contributed by atoms with Gasteiger partial charge in [0.05, 0.1) is 15.6 Å². The molecule has 0 aliphatic rings. The van der Waals surface area contributed by atoms with E-state index < -0.39 is 16.6 Å². The molecule has 1 aromatic rings. The van der Waals surface area contributed by atoms with E-state index in [9.17, 15) is 14.9 Å². The predicted octanol–water partition coefficient (Wildman–Crippen LogP) is 2.73. The summed E-state index contributed by atoms with van der Waals surface area (Å²) < 4.78 is 4.98. The molecule has 0 aromatic heterocycles. The summed E-state index contributed by atoms with van der Waals surface area (Å²) in [4.78, 5) is 23.3. The summed E-state index contributed by atoms with van der Waals surface area (Å²) in [6, 6.07) is 2.92. The van der Waals surface area contributed by atoms with E-state index in [1.54, 1.807) is 38.9 Å². The molecule has 0 saturated carbocycles. The summed E-state index contributed by atoms with van der Waals surface area (Å²) in [5.74, 6) is 0.